The van der Waals surface area contributed by atoms with Gasteiger partial charge in [0.15, 0.2) is 5.76 Å². The molecule has 0 saturated heterocycles. The largest absolute Gasteiger partial charge is 0.451 e. The van der Waals surface area contributed by atoms with Crippen LogP contribution >= 0.6 is 0 Å². The van der Waals surface area contributed by atoms with E-state index in [1.54, 1.807) is 18.3 Å². The molecule has 6 heteroatoms. The molecule has 6 nitrogen and oxygen atoms in total. The van der Waals surface area contributed by atoms with Crippen LogP contribution in [0.3, 0.4) is 0 Å². The van der Waals surface area contributed by atoms with Gasteiger partial charge in [-0.05, 0) is 18.2 Å². The summed E-state index contributed by atoms with van der Waals surface area (Å²) in [5.41, 5.74) is 4.89. The summed E-state index contributed by atoms with van der Waals surface area (Å²) in [5.74, 6) is -0.214. The molecule has 126 valence electrons. The Morgan fingerprint density at radius 3 is 2.88 bits per heavy atom. The molecule has 4 aromatic rings. The van der Waals surface area contributed by atoms with Crippen molar-refractivity contribution in [2.24, 2.45) is 5.10 Å². The molecule has 4 rings (SSSR count). The number of hydrogen-bond acceptors (Lipinski definition) is 4. The zero-order valence-corrected chi connectivity index (χ0v) is 13.7. The van der Waals surface area contributed by atoms with E-state index in [1.165, 1.54) is 0 Å². The summed E-state index contributed by atoms with van der Waals surface area (Å²) < 4.78 is 7.36. The molecule has 0 radical (unpaired) electrons. The van der Waals surface area contributed by atoms with Crippen LogP contribution in [-0.2, 0) is 6.54 Å². The van der Waals surface area contributed by atoms with E-state index >= 15 is 0 Å². The molecule has 0 fully saturated rings. The van der Waals surface area contributed by atoms with E-state index < -0.39 is 5.91 Å². The second-order valence-corrected chi connectivity index (χ2v) is 5.74. The first-order chi connectivity index (χ1) is 12.8. The predicted octanol–water partition coefficient (Wildman–Crippen LogP) is 3.67. The van der Waals surface area contributed by atoms with Crippen molar-refractivity contribution in [2.45, 2.75) is 6.54 Å². The van der Waals surface area contributed by atoms with Gasteiger partial charge >= 0.3 is 5.91 Å². The lowest BCUT2D eigenvalue weighted by atomic mass is 10.2. The molecule has 0 atom stereocenters. The molecule has 1 N–H and O–H groups in total. The van der Waals surface area contributed by atoms with Gasteiger partial charge in [-0.15, -0.1) is 0 Å². The van der Waals surface area contributed by atoms with E-state index in [0.717, 1.165) is 21.9 Å². The van der Waals surface area contributed by atoms with Crippen LogP contribution in [-0.4, -0.2) is 16.7 Å². The minimum atomic E-state index is -0.418. The van der Waals surface area contributed by atoms with E-state index in [9.17, 15) is 4.79 Å². The Morgan fingerprint density at radius 1 is 1.23 bits per heavy atom. The molecule has 0 saturated carbocycles. The molecule has 26 heavy (non-hydrogen) atoms. The van der Waals surface area contributed by atoms with Crippen LogP contribution in [0.4, 0.5) is 0 Å². The minimum absolute atomic E-state index is 0.204. The number of amides is 1. The highest BCUT2D eigenvalue weighted by Gasteiger charge is 2.11. The van der Waals surface area contributed by atoms with Gasteiger partial charge in [-0.2, -0.15) is 10.4 Å². The summed E-state index contributed by atoms with van der Waals surface area (Å²) in [6.45, 7) is 0.250. The molecule has 2 heterocycles. The van der Waals surface area contributed by atoms with Crippen molar-refractivity contribution in [2.75, 3.05) is 0 Å². The zero-order valence-electron chi connectivity index (χ0n) is 13.7. The number of rotatable bonds is 4. The van der Waals surface area contributed by atoms with Crippen molar-refractivity contribution in [3.8, 4) is 6.07 Å². The van der Waals surface area contributed by atoms with E-state index in [1.807, 2.05) is 53.2 Å². The van der Waals surface area contributed by atoms with Gasteiger partial charge in [0, 0.05) is 28.0 Å². The van der Waals surface area contributed by atoms with Gasteiger partial charge in [0.25, 0.3) is 0 Å². The number of carbonyl (C=O) groups excluding carboxylic acids is 1. The SMILES string of the molecule is N#CCn1cc(/C=N/NC(=O)c2cc3ccccc3o2)c2ccccc21. The molecule has 1 amide bonds. The number of benzene rings is 2. The fraction of sp³-hybridized carbons (Fsp3) is 0.0500. The van der Waals surface area contributed by atoms with Crippen LogP contribution in [0, 0.1) is 11.3 Å². The maximum Gasteiger partial charge on any atom is 0.307 e. The number of hydrogen-bond donors (Lipinski definition) is 1. The summed E-state index contributed by atoms with van der Waals surface area (Å²) in [6, 6.07) is 19.0. The molecule has 2 aromatic heterocycles. The average molecular weight is 342 g/mol. The lowest BCUT2D eigenvalue weighted by Crippen LogP contribution is -2.16. The number of nitrogens with one attached hydrogen (secondary N) is 1. The second kappa shape index (κ2) is 6.57. The van der Waals surface area contributed by atoms with Crippen molar-refractivity contribution in [3.63, 3.8) is 0 Å². The topological polar surface area (TPSA) is 83.3 Å². The molecule has 0 bridgehead atoms. The van der Waals surface area contributed by atoms with E-state index in [0.29, 0.717) is 5.58 Å². The average Bonchev–Trinajstić information content (AvgIpc) is 3.24. The van der Waals surface area contributed by atoms with Gasteiger partial charge in [-0.1, -0.05) is 36.4 Å². The normalized spacial score (nSPS) is 11.2. The van der Waals surface area contributed by atoms with Crippen LogP contribution in [0.5, 0.6) is 0 Å². The van der Waals surface area contributed by atoms with Gasteiger partial charge in [0.2, 0.25) is 0 Å². The second-order valence-electron chi connectivity index (χ2n) is 5.74. The molecular weight excluding hydrogens is 328 g/mol. The number of aromatic nitrogens is 1. The van der Waals surface area contributed by atoms with Crippen molar-refractivity contribution in [1.29, 1.82) is 5.26 Å². The molecule has 0 aliphatic heterocycles. The first kappa shape index (κ1) is 15.7. The molecule has 0 aliphatic carbocycles. The maximum atomic E-state index is 12.2. The van der Waals surface area contributed by atoms with Crippen molar-refractivity contribution in [1.82, 2.24) is 9.99 Å². The Morgan fingerprint density at radius 2 is 2.04 bits per heavy atom. The number of carbonyl (C=O) groups is 1. The van der Waals surface area contributed by atoms with Gasteiger partial charge in [0.05, 0.1) is 12.3 Å². The summed E-state index contributed by atoms with van der Waals surface area (Å²) in [6.07, 6.45) is 3.40. The van der Waals surface area contributed by atoms with E-state index in [4.69, 9.17) is 9.68 Å². The number of furan rings is 1. The number of nitriles is 1. The van der Waals surface area contributed by atoms with Crippen LogP contribution in [0.15, 0.2) is 70.3 Å². The van der Waals surface area contributed by atoms with E-state index in [2.05, 4.69) is 16.6 Å². The van der Waals surface area contributed by atoms with Crippen LogP contribution in [0.1, 0.15) is 16.1 Å². The van der Waals surface area contributed by atoms with Gasteiger partial charge in [-0.25, -0.2) is 5.43 Å². The fourth-order valence-corrected chi connectivity index (χ4v) is 2.89. The molecule has 0 unspecified atom stereocenters. The zero-order chi connectivity index (χ0) is 17.9. The molecule has 2 aromatic carbocycles. The lowest BCUT2D eigenvalue weighted by molar-refractivity contribution is 0.0929. The Balaban J connectivity index is 1.56. The predicted molar refractivity (Wildman–Crippen MR) is 98.8 cm³/mol. The first-order valence-corrected chi connectivity index (χ1v) is 8.03. The van der Waals surface area contributed by atoms with Crippen LogP contribution in [0.25, 0.3) is 21.9 Å². The Kier molecular flexibility index (Phi) is 3.96. The summed E-state index contributed by atoms with van der Waals surface area (Å²) in [7, 11) is 0. The minimum Gasteiger partial charge on any atom is -0.451 e. The third-order valence-corrected chi connectivity index (χ3v) is 4.08. The van der Waals surface area contributed by atoms with Crippen LogP contribution < -0.4 is 5.43 Å². The van der Waals surface area contributed by atoms with Gasteiger partial charge in [-0.3, -0.25) is 4.79 Å². The van der Waals surface area contributed by atoms with Gasteiger partial charge < -0.3 is 8.98 Å². The highest BCUT2D eigenvalue weighted by molar-refractivity contribution is 6.00. The Bertz CT molecular complexity index is 1140. The smallest absolute Gasteiger partial charge is 0.307 e. The highest BCUT2D eigenvalue weighted by atomic mass is 16.3. The molecule has 0 aliphatic rings. The molecule has 0 spiro atoms. The van der Waals surface area contributed by atoms with Crippen molar-refractivity contribution in [3.05, 3.63) is 72.1 Å². The standard InChI is InChI=1S/C20H14N4O2/c21-9-10-24-13-15(16-6-2-3-7-17(16)24)12-22-23-20(25)19-11-14-5-1-4-8-18(14)26-19/h1-8,11-13H,10H2,(H,23,25)/b22-12+. The van der Waals surface area contributed by atoms with Crippen molar-refractivity contribution < 1.29 is 9.21 Å². The van der Waals surface area contributed by atoms with E-state index in [-0.39, 0.29) is 12.3 Å². The number of fused-ring (bicyclic) bond motifs is 2. The number of nitrogens with zero attached hydrogens (tertiary/aromatic N) is 3. The maximum absolute atomic E-state index is 12.2. The number of para-hydroxylation sites is 2. The third kappa shape index (κ3) is 2.82. The lowest BCUT2D eigenvalue weighted by Gasteiger charge is -1.96. The Hall–Kier alpha value is -3.85. The van der Waals surface area contributed by atoms with Crippen molar-refractivity contribution >= 4 is 34.0 Å². The number of hydrazone groups is 1. The summed E-state index contributed by atoms with van der Waals surface area (Å²) >= 11 is 0. The third-order valence-electron chi connectivity index (χ3n) is 4.08. The quantitative estimate of drug-likeness (QED) is 0.454. The monoisotopic (exact) mass is 342 g/mol. The summed E-state index contributed by atoms with van der Waals surface area (Å²) in [4.78, 5) is 12.2. The fourth-order valence-electron chi connectivity index (χ4n) is 2.89. The van der Waals surface area contributed by atoms with Gasteiger partial charge in [0.1, 0.15) is 12.1 Å². The molecular formula is C20H14N4O2. The highest BCUT2D eigenvalue weighted by Crippen LogP contribution is 2.20. The first-order valence-electron chi connectivity index (χ1n) is 8.03. The van der Waals surface area contributed by atoms with Crippen LogP contribution in [0.2, 0.25) is 0 Å². The summed E-state index contributed by atoms with van der Waals surface area (Å²) in [5, 5.41) is 14.8. The Labute approximate surface area is 148 Å².